The number of rotatable bonds is 3. The van der Waals surface area contributed by atoms with Crippen molar-refractivity contribution in [3.63, 3.8) is 0 Å². The smallest absolute Gasteiger partial charge is 0.410 e. The van der Waals surface area contributed by atoms with Gasteiger partial charge in [0, 0.05) is 13.1 Å². The molecule has 3 amide bonds. The van der Waals surface area contributed by atoms with Gasteiger partial charge in [-0.05, 0) is 32.9 Å². The van der Waals surface area contributed by atoms with E-state index in [2.05, 4.69) is 10.6 Å². The molecule has 7 heteroatoms. The van der Waals surface area contributed by atoms with Gasteiger partial charge in [-0.1, -0.05) is 0 Å². The van der Waals surface area contributed by atoms with E-state index in [4.69, 9.17) is 9.15 Å². The van der Waals surface area contributed by atoms with Crippen LogP contribution in [0.5, 0.6) is 0 Å². The van der Waals surface area contributed by atoms with Crippen LogP contribution in [0.1, 0.15) is 26.5 Å². The first-order valence-corrected chi connectivity index (χ1v) is 6.88. The van der Waals surface area contributed by atoms with Gasteiger partial charge in [0.2, 0.25) is 0 Å². The number of amides is 3. The first kappa shape index (κ1) is 15.2. The second kappa shape index (κ2) is 6.07. The van der Waals surface area contributed by atoms with Crippen molar-refractivity contribution in [3.05, 3.63) is 24.2 Å². The maximum atomic E-state index is 11.7. The third-order valence-electron chi connectivity index (χ3n) is 2.87. The molecule has 2 heterocycles. The summed E-state index contributed by atoms with van der Waals surface area (Å²) in [5.41, 5.74) is -0.504. The molecule has 0 bridgehead atoms. The maximum Gasteiger partial charge on any atom is 0.410 e. The largest absolute Gasteiger partial charge is 0.467 e. The first-order chi connectivity index (χ1) is 9.83. The minimum atomic E-state index is -0.504. The van der Waals surface area contributed by atoms with Crippen LogP contribution in [0, 0.1) is 0 Å². The first-order valence-electron chi connectivity index (χ1n) is 6.88. The summed E-state index contributed by atoms with van der Waals surface area (Å²) >= 11 is 0. The van der Waals surface area contributed by atoms with E-state index in [0.717, 1.165) is 0 Å². The molecule has 0 aliphatic carbocycles. The molecule has 1 fully saturated rings. The third-order valence-corrected chi connectivity index (χ3v) is 2.87. The van der Waals surface area contributed by atoms with Crippen molar-refractivity contribution in [1.29, 1.82) is 0 Å². The molecular weight excluding hydrogens is 274 g/mol. The van der Waals surface area contributed by atoms with Crippen LogP contribution in [0.3, 0.4) is 0 Å². The molecule has 0 aromatic carbocycles. The Bertz CT molecular complexity index is 487. The van der Waals surface area contributed by atoms with Crippen LogP contribution >= 0.6 is 0 Å². The van der Waals surface area contributed by atoms with Gasteiger partial charge < -0.3 is 24.7 Å². The zero-order valence-electron chi connectivity index (χ0n) is 12.5. The van der Waals surface area contributed by atoms with E-state index in [1.807, 2.05) is 20.8 Å². The van der Waals surface area contributed by atoms with Crippen LogP contribution < -0.4 is 10.6 Å². The molecule has 21 heavy (non-hydrogen) atoms. The van der Waals surface area contributed by atoms with Gasteiger partial charge in [0.25, 0.3) is 0 Å². The number of likely N-dealkylation sites (tertiary alicyclic amines) is 1. The van der Waals surface area contributed by atoms with E-state index in [1.165, 1.54) is 0 Å². The summed E-state index contributed by atoms with van der Waals surface area (Å²) < 4.78 is 10.3. The van der Waals surface area contributed by atoms with Gasteiger partial charge in [0.05, 0.1) is 18.8 Å². The van der Waals surface area contributed by atoms with Gasteiger partial charge in [-0.15, -0.1) is 0 Å². The van der Waals surface area contributed by atoms with Crippen LogP contribution in [0.15, 0.2) is 22.8 Å². The summed E-state index contributed by atoms with van der Waals surface area (Å²) in [5.74, 6) is 0.689. The van der Waals surface area contributed by atoms with E-state index >= 15 is 0 Å². The Morgan fingerprint density at radius 2 is 2.14 bits per heavy atom. The Balaban J connectivity index is 1.63. The monoisotopic (exact) mass is 295 g/mol. The molecule has 0 saturated carbocycles. The van der Waals surface area contributed by atoms with E-state index in [9.17, 15) is 9.59 Å². The molecule has 7 nitrogen and oxygen atoms in total. The standard InChI is InChI=1S/C14H21N3O4/c1-14(2,3)21-13(19)17-8-10(9-17)16-12(18)15-7-11-5-4-6-20-11/h4-6,10H,7-9H2,1-3H3,(H2,15,16,18). The Kier molecular flexibility index (Phi) is 4.40. The van der Waals surface area contributed by atoms with E-state index in [0.29, 0.717) is 25.4 Å². The summed E-state index contributed by atoms with van der Waals surface area (Å²) in [5, 5.41) is 5.47. The van der Waals surface area contributed by atoms with Crippen molar-refractivity contribution in [2.45, 2.75) is 39.0 Å². The molecular formula is C14H21N3O4. The fraction of sp³-hybridized carbons (Fsp3) is 0.571. The number of carbonyl (C=O) groups excluding carboxylic acids is 2. The summed E-state index contributed by atoms with van der Waals surface area (Å²) in [6.45, 7) is 6.72. The highest BCUT2D eigenvalue weighted by Gasteiger charge is 2.34. The highest BCUT2D eigenvalue weighted by Crippen LogP contribution is 2.15. The lowest BCUT2D eigenvalue weighted by Gasteiger charge is -2.39. The normalized spacial score (nSPS) is 15.3. The zero-order chi connectivity index (χ0) is 15.5. The van der Waals surface area contributed by atoms with E-state index < -0.39 is 5.60 Å². The fourth-order valence-corrected chi connectivity index (χ4v) is 1.86. The number of hydrogen-bond acceptors (Lipinski definition) is 4. The highest BCUT2D eigenvalue weighted by molar-refractivity contribution is 5.75. The molecule has 2 N–H and O–H groups in total. The Labute approximate surface area is 123 Å². The zero-order valence-corrected chi connectivity index (χ0v) is 12.5. The van der Waals surface area contributed by atoms with Gasteiger partial charge in [-0.2, -0.15) is 0 Å². The van der Waals surface area contributed by atoms with Crippen molar-refractivity contribution >= 4 is 12.1 Å². The Morgan fingerprint density at radius 3 is 2.71 bits per heavy atom. The molecule has 1 saturated heterocycles. The van der Waals surface area contributed by atoms with Crippen LogP contribution in [-0.4, -0.2) is 41.8 Å². The molecule has 116 valence electrons. The summed E-state index contributed by atoms with van der Waals surface area (Å²) in [4.78, 5) is 24.9. The average molecular weight is 295 g/mol. The molecule has 0 spiro atoms. The molecule has 1 aliphatic rings. The maximum absolute atomic E-state index is 11.7. The van der Waals surface area contributed by atoms with E-state index in [1.54, 1.807) is 23.3 Å². The molecule has 0 atom stereocenters. The van der Waals surface area contributed by atoms with Crippen LogP contribution in [0.25, 0.3) is 0 Å². The summed E-state index contributed by atoms with van der Waals surface area (Å²) in [7, 11) is 0. The minimum absolute atomic E-state index is 0.0471. The predicted molar refractivity (Wildman–Crippen MR) is 75.7 cm³/mol. The molecule has 0 radical (unpaired) electrons. The number of urea groups is 1. The van der Waals surface area contributed by atoms with Crippen molar-refractivity contribution < 1.29 is 18.7 Å². The number of nitrogens with zero attached hydrogens (tertiary/aromatic N) is 1. The number of carbonyl (C=O) groups is 2. The average Bonchev–Trinajstić information content (AvgIpc) is 2.81. The second-order valence-corrected chi connectivity index (χ2v) is 5.99. The topological polar surface area (TPSA) is 83.8 Å². The quantitative estimate of drug-likeness (QED) is 0.889. The van der Waals surface area contributed by atoms with Gasteiger partial charge in [-0.3, -0.25) is 0 Å². The molecule has 1 aromatic heterocycles. The van der Waals surface area contributed by atoms with Gasteiger partial charge >= 0.3 is 12.1 Å². The molecule has 0 unspecified atom stereocenters. The number of hydrogen-bond donors (Lipinski definition) is 2. The summed E-state index contributed by atoms with van der Waals surface area (Å²) in [6, 6.07) is 3.22. The Morgan fingerprint density at radius 1 is 1.43 bits per heavy atom. The fourth-order valence-electron chi connectivity index (χ4n) is 1.86. The van der Waals surface area contributed by atoms with Gasteiger partial charge in [-0.25, -0.2) is 9.59 Å². The second-order valence-electron chi connectivity index (χ2n) is 5.99. The molecule has 1 aromatic rings. The number of ether oxygens (including phenoxy) is 1. The Hall–Kier alpha value is -2.18. The highest BCUT2D eigenvalue weighted by atomic mass is 16.6. The minimum Gasteiger partial charge on any atom is -0.467 e. The van der Waals surface area contributed by atoms with Gasteiger partial charge in [0.1, 0.15) is 11.4 Å². The lowest BCUT2D eigenvalue weighted by molar-refractivity contribution is 0.00632. The van der Waals surface area contributed by atoms with Crippen molar-refractivity contribution in [1.82, 2.24) is 15.5 Å². The number of furan rings is 1. The number of nitrogens with one attached hydrogen (secondary N) is 2. The lowest BCUT2D eigenvalue weighted by atomic mass is 10.1. The van der Waals surface area contributed by atoms with Crippen molar-refractivity contribution in [3.8, 4) is 0 Å². The third kappa shape index (κ3) is 4.70. The molecule has 2 rings (SSSR count). The van der Waals surface area contributed by atoms with Crippen LogP contribution in [-0.2, 0) is 11.3 Å². The van der Waals surface area contributed by atoms with Crippen LogP contribution in [0.2, 0.25) is 0 Å². The summed E-state index contributed by atoms with van der Waals surface area (Å²) in [6.07, 6.45) is 1.20. The predicted octanol–water partition coefficient (Wildman–Crippen LogP) is 1.70. The lowest BCUT2D eigenvalue weighted by Crippen LogP contribution is -2.62. The van der Waals surface area contributed by atoms with E-state index in [-0.39, 0.29) is 18.2 Å². The van der Waals surface area contributed by atoms with Crippen LogP contribution in [0.4, 0.5) is 9.59 Å². The van der Waals surface area contributed by atoms with Gasteiger partial charge in [0.15, 0.2) is 0 Å². The SMILES string of the molecule is CC(C)(C)OC(=O)N1CC(NC(=O)NCc2ccco2)C1. The van der Waals surface area contributed by atoms with Crippen molar-refractivity contribution in [2.75, 3.05) is 13.1 Å². The van der Waals surface area contributed by atoms with Crippen molar-refractivity contribution in [2.24, 2.45) is 0 Å². The molecule has 1 aliphatic heterocycles.